The van der Waals surface area contributed by atoms with Gasteiger partial charge in [0.15, 0.2) is 0 Å². The molecule has 0 aromatic carbocycles. The summed E-state index contributed by atoms with van der Waals surface area (Å²) in [7, 11) is -2.68. The zero-order chi connectivity index (χ0) is 9.03. The van der Waals surface area contributed by atoms with E-state index in [2.05, 4.69) is 9.05 Å². The van der Waals surface area contributed by atoms with Gasteiger partial charge in [-0.2, -0.15) is 11.3 Å². The minimum Gasteiger partial charge on any atom is -0.302 e. The van der Waals surface area contributed by atoms with E-state index in [-0.39, 0.29) is 6.61 Å². The quantitative estimate of drug-likeness (QED) is 0.769. The molecule has 1 aromatic heterocycles. The van der Waals surface area contributed by atoms with E-state index in [1.54, 1.807) is 0 Å². The molecule has 1 heterocycles. The summed E-state index contributed by atoms with van der Waals surface area (Å²) in [5.74, 6) is 0. The fourth-order valence-electron chi connectivity index (χ4n) is 0.584. The Kier molecular flexibility index (Phi) is 3.43. The molecule has 4 nitrogen and oxygen atoms in total. The number of rotatable bonds is 4. The van der Waals surface area contributed by atoms with E-state index in [1.807, 2.05) is 16.8 Å². The number of phosphoric ester groups is 1. The molecule has 0 aliphatic heterocycles. The Balaban J connectivity index is 2.41. The zero-order valence-electron chi connectivity index (χ0n) is 6.47. The highest BCUT2D eigenvalue weighted by atomic mass is 32.1. The zero-order valence-corrected chi connectivity index (χ0v) is 8.18. The molecule has 1 unspecified atom stereocenters. The minimum atomic E-state index is -3.81. The topological polar surface area (TPSA) is 55.8 Å². The molecule has 12 heavy (non-hydrogen) atoms. The SMILES string of the molecule is COP(=O)(O)OCc1ccsc1. The molecule has 0 aliphatic rings. The van der Waals surface area contributed by atoms with Crippen LogP contribution in [0.3, 0.4) is 0 Å². The van der Waals surface area contributed by atoms with Crippen LogP contribution in [0.15, 0.2) is 16.8 Å². The number of hydrogen-bond acceptors (Lipinski definition) is 4. The second-order valence-corrected chi connectivity index (χ2v) is 4.40. The molecule has 0 aliphatic carbocycles. The molecule has 1 atom stereocenters. The average molecular weight is 208 g/mol. The predicted octanol–water partition coefficient (Wildman–Crippen LogP) is 2.01. The fraction of sp³-hybridized carbons (Fsp3) is 0.333. The van der Waals surface area contributed by atoms with Crippen LogP contribution in [0.2, 0.25) is 0 Å². The predicted molar refractivity (Wildman–Crippen MR) is 45.9 cm³/mol. The summed E-state index contributed by atoms with van der Waals surface area (Å²) in [6, 6.07) is 1.82. The maximum Gasteiger partial charge on any atom is 0.472 e. The molecule has 0 amide bonds. The Morgan fingerprint density at radius 2 is 2.50 bits per heavy atom. The lowest BCUT2D eigenvalue weighted by atomic mass is 10.4. The molecule has 68 valence electrons. The maximum absolute atomic E-state index is 10.8. The van der Waals surface area contributed by atoms with Gasteiger partial charge in [0, 0.05) is 7.11 Å². The van der Waals surface area contributed by atoms with E-state index >= 15 is 0 Å². The van der Waals surface area contributed by atoms with Crippen molar-refractivity contribution in [3.8, 4) is 0 Å². The second kappa shape index (κ2) is 4.16. The van der Waals surface area contributed by atoms with Crippen LogP contribution in [0.5, 0.6) is 0 Å². The van der Waals surface area contributed by atoms with Gasteiger partial charge in [-0.25, -0.2) is 4.57 Å². The van der Waals surface area contributed by atoms with E-state index in [9.17, 15) is 4.57 Å². The third kappa shape index (κ3) is 3.05. The normalized spacial score (nSPS) is 15.8. The standard InChI is InChI=1S/C6H9O4PS/c1-9-11(7,8)10-4-6-2-3-12-5-6/h2-3,5H,4H2,1H3,(H,7,8). The van der Waals surface area contributed by atoms with Crippen LogP contribution in [0.25, 0.3) is 0 Å². The minimum absolute atomic E-state index is 0.102. The summed E-state index contributed by atoms with van der Waals surface area (Å²) in [6.07, 6.45) is 0. The maximum atomic E-state index is 10.8. The van der Waals surface area contributed by atoms with Gasteiger partial charge in [0.25, 0.3) is 0 Å². The van der Waals surface area contributed by atoms with E-state index < -0.39 is 7.82 Å². The number of hydrogen-bond donors (Lipinski definition) is 1. The Bertz CT molecular complexity index is 271. The first-order valence-electron chi connectivity index (χ1n) is 3.18. The van der Waals surface area contributed by atoms with Gasteiger partial charge in [0.1, 0.15) is 0 Å². The number of thiophene rings is 1. The van der Waals surface area contributed by atoms with Crippen LogP contribution < -0.4 is 0 Å². The molecule has 1 N–H and O–H groups in total. The molecule has 0 fully saturated rings. The van der Waals surface area contributed by atoms with Crippen molar-refractivity contribution in [2.75, 3.05) is 7.11 Å². The van der Waals surface area contributed by atoms with Crippen molar-refractivity contribution in [1.82, 2.24) is 0 Å². The summed E-state index contributed by atoms with van der Waals surface area (Å²) in [6.45, 7) is 0.102. The first kappa shape index (κ1) is 9.89. The van der Waals surface area contributed by atoms with Gasteiger partial charge in [-0.15, -0.1) is 0 Å². The second-order valence-electron chi connectivity index (χ2n) is 2.06. The van der Waals surface area contributed by atoms with Crippen molar-refractivity contribution < 1.29 is 18.5 Å². The molecule has 1 rings (SSSR count). The molecule has 0 spiro atoms. The van der Waals surface area contributed by atoms with E-state index in [1.165, 1.54) is 11.3 Å². The third-order valence-corrected chi connectivity index (χ3v) is 2.85. The fourth-order valence-corrected chi connectivity index (χ4v) is 1.65. The lowest BCUT2D eigenvalue weighted by Crippen LogP contribution is -1.91. The van der Waals surface area contributed by atoms with Gasteiger partial charge in [-0.1, -0.05) is 0 Å². The Morgan fingerprint density at radius 3 is 3.00 bits per heavy atom. The largest absolute Gasteiger partial charge is 0.472 e. The van der Waals surface area contributed by atoms with Crippen LogP contribution in [-0.4, -0.2) is 12.0 Å². The van der Waals surface area contributed by atoms with Gasteiger partial charge < -0.3 is 4.89 Å². The van der Waals surface area contributed by atoms with Crippen molar-refractivity contribution in [1.29, 1.82) is 0 Å². The van der Waals surface area contributed by atoms with Crippen molar-refractivity contribution in [2.24, 2.45) is 0 Å². The molecule has 6 heteroatoms. The lowest BCUT2D eigenvalue weighted by molar-refractivity contribution is 0.166. The first-order valence-corrected chi connectivity index (χ1v) is 5.62. The first-order chi connectivity index (χ1) is 5.64. The summed E-state index contributed by atoms with van der Waals surface area (Å²) in [5, 5.41) is 3.71. The Morgan fingerprint density at radius 1 is 1.75 bits per heavy atom. The highest BCUT2D eigenvalue weighted by Crippen LogP contribution is 2.42. The number of phosphoric acid groups is 1. The van der Waals surface area contributed by atoms with Crippen LogP contribution >= 0.6 is 19.2 Å². The monoisotopic (exact) mass is 208 g/mol. The molecule has 0 bridgehead atoms. The Labute approximate surface area is 74.4 Å². The highest BCUT2D eigenvalue weighted by Gasteiger charge is 2.17. The molecule has 0 saturated carbocycles. The van der Waals surface area contributed by atoms with Crippen molar-refractivity contribution in [3.05, 3.63) is 22.4 Å². The average Bonchev–Trinajstić information content (AvgIpc) is 2.53. The highest BCUT2D eigenvalue weighted by molar-refractivity contribution is 7.47. The smallest absolute Gasteiger partial charge is 0.302 e. The van der Waals surface area contributed by atoms with Crippen molar-refractivity contribution >= 4 is 19.2 Å². The van der Waals surface area contributed by atoms with Gasteiger partial charge in [-0.05, 0) is 22.4 Å². The van der Waals surface area contributed by atoms with E-state index in [0.717, 1.165) is 12.7 Å². The summed E-state index contributed by atoms with van der Waals surface area (Å²) in [5.41, 5.74) is 0.867. The molecule has 1 aromatic rings. The Hall–Kier alpha value is -0.190. The molecular formula is C6H9O4PS. The van der Waals surface area contributed by atoms with Gasteiger partial charge in [0.05, 0.1) is 6.61 Å². The van der Waals surface area contributed by atoms with Gasteiger partial charge in [-0.3, -0.25) is 9.05 Å². The summed E-state index contributed by atoms with van der Waals surface area (Å²) < 4.78 is 19.6. The van der Waals surface area contributed by atoms with Crippen molar-refractivity contribution in [2.45, 2.75) is 6.61 Å². The summed E-state index contributed by atoms with van der Waals surface area (Å²) in [4.78, 5) is 8.84. The third-order valence-electron chi connectivity index (χ3n) is 1.21. The van der Waals surface area contributed by atoms with Crippen molar-refractivity contribution in [3.63, 3.8) is 0 Å². The molecule has 0 saturated heterocycles. The lowest BCUT2D eigenvalue weighted by Gasteiger charge is -2.07. The van der Waals surface area contributed by atoms with E-state index in [4.69, 9.17) is 4.89 Å². The van der Waals surface area contributed by atoms with Gasteiger partial charge >= 0.3 is 7.82 Å². The summed E-state index contributed by atoms with van der Waals surface area (Å²) >= 11 is 1.51. The van der Waals surface area contributed by atoms with Gasteiger partial charge in [0.2, 0.25) is 0 Å². The van der Waals surface area contributed by atoms with Crippen LogP contribution in [0, 0.1) is 0 Å². The van der Waals surface area contributed by atoms with Crippen LogP contribution in [-0.2, 0) is 20.2 Å². The van der Waals surface area contributed by atoms with E-state index in [0.29, 0.717) is 0 Å². The molecular weight excluding hydrogens is 199 g/mol. The van der Waals surface area contributed by atoms with Crippen LogP contribution in [0.4, 0.5) is 0 Å². The molecule has 0 radical (unpaired) electrons. The van der Waals surface area contributed by atoms with Crippen LogP contribution in [0.1, 0.15) is 5.56 Å².